The van der Waals surface area contributed by atoms with Crippen LogP contribution >= 0.6 is 0 Å². The number of nitrogens with one attached hydrogen (secondary N) is 1. The minimum atomic E-state index is -3.69. The molecule has 2 saturated heterocycles. The lowest BCUT2D eigenvalue weighted by molar-refractivity contribution is -0.126. The molecule has 0 atom stereocenters. The Morgan fingerprint density at radius 1 is 1.10 bits per heavy atom. The predicted octanol–water partition coefficient (Wildman–Crippen LogP) is 1.43. The van der Waals surface area contributed by atoms with Crippen LogP contribution in [0.25, 0.3) is 0 Å². The average Bonchev–Trinajstić information content (AvgIpc) is 3.11. The van der Waals surface area contributed by atoms with Crippen molar-refractivity contribution in [3.05, 3.63) is 18.0 Å². The highest BCUT2D eigenvalue weighted by molar-refractivity contribution is 7.89. The summed E-state index contributed by atoms with van der Waals surface area (Å²) in [7, 11) is -1.98. The molecular formula is C20H32N4O4S. The maximum atomic E-state index is 13.1. The van der Waals surface area contributed by atoms with Gasteiger partial charge in [-0.05, 0) is 44.6 Å². The van der Waals surface area contributed by atoms with Crippen LogP contribution in [-0.4, -0.2) is 66.7 Å². The van der Waals surface area contributed by atoms with Gasteiger partial charge in [-0.1, -0.05) is 6.92 Å². The topological polar surface area (TPSA) is 91.7 Å². The fourth-order valence-electron chi connectivity index (χ4n) is 4.09. The van der Waals surface area contributed by atoms with Crippen LogP contribution in [0.1, 0.15) is 50.0 Å². The van der Waals surface area contributed by atoms with Crippen molar-refractivity contribution in [1.29, 1.82) is 0 Å². The van der Waals surface area contributed by atoms with Crippen LogP contribution in [0.4, 0.5) is 0 Å². The number of aromatic nitrogens is 1. The van der Waals surface area contributed by atoms with Crippen LogP contribution in [-0.2, 0) is 21.9 Å². The van der Waals surface area contributed by atoms with Crippen molar-refractivity contribution >= 4 is 21.8 Å². The summed E-state index contributed by atoms with van der Waals surface area (Å²) in [4.78, 5) is 26.8. The van der Waals surface area contributed by atoms with Crippen LogP contribution in [0.2, 0.25) is 0 Å². The van der Waals surface area contributed by atoms with E-state index in [1.54, 1.807) is 11.6 Å². The van der Waals surface area contributed by atoms with Gasteiger partial charge in [0.2, 0.25) is 15.9 Å². The van der Waals surface area contributed by atoms with Gasteiger partial charge in [0.1, 0.15) is 10.6 Å². The van der Waals surface area contributed by atoms with E-state index in [-0.39, 0.29) is 22.6 Å². The van der Waals surface area contributed by atoms with E-state index in [1.807, 2.05) is 11.8 Å². The van der Waals surface area contributed by atoms with E-state index in [9.17, 15) is 18.0 Å². The van der Waals surface area contributed by atoms with Gasteiger partial charge < -0.3 is 14.8 Å². The molecule has 2 aliphatic heterocycles. The summed E-state index contributed by atoms with van der Waals surface area (Å²) in [5.74, 6) is 0.352. The predicted molar refractivity (Wildman–Crippen MR) is 110 cm³/mol. The Morgan fingerprint density at radius 3 is 2.31 bits per heavy atom. The fraction of sp³-hybridized carbons (Fsp3) is 0.700. The van der Waals surface area contributed by atoms with Crippen molar-refractivity contribution in [2.75, 3.05) is 32.7 Å². The smallest absolute Gasteiger partial charge is 0.270 e. The number of rotatable bonds is 5. The summed E-state index contributed by atoms with van der Waals surface area (Å²) in [6.07, 6.45) is 4.49. The quantitative estimate of drug-likeness (QED) is 0.774. The van der Waals surface area contributed by atoms with Crippen LogP contribution in [0.15, 0.2) is 17.2 Å². The number of carbonyl (C=O) groups is 2. The van der Waals surface area contributed by atoms with E-state index in [4.69, 9.17) is 0 Å². The van der Waals surface area contributed by atoms with Crippen molar-refractivity contribution in [2.45, 2.75) is 44.4 Å². The monoisotopic (exact) mass is 424 g/mol. The van der Waals surface area contributed by atoms with Gasteiger partial charge in [-0.2, -0.15) is 4.31 Å². The molecule has 3 rings (SSSR count). The number of amides is 2. The van der Waals surface area contributed by atoms with Crippen molar-refractivity contribution in [1.82, 2.24) is 19.1 Å². The number of piperidine rings is 2. The van der Waals surface area contributed by atoms with Crippen LogP contribution in [0.5, 0.6) is 0 Å². The molecule has 0 bridgehead atoms. The fourth-order valence-corrected chi connectivity index (χ4v) is 5.63. The second-order valence-corrected chi connectivity index (χ2v) is 10.2. The molecule has 0 unspecified atom stereocenters. The highest BCUT2D eigenvalue weighted by Crippen LogP contribution is 2.26. The summed E-state index contributed by atoms with van der Waals surface area (Å²) in [5, 5.41) is 2.81. The SMILES string of the molecule is CCNC(=O)C1CCN(S(=O)(=O)c2cc(C(=O)N3CCC(C)CC3)n(C)c2)CC1. The van der Waals surface area contributed by atoms with E-state index in [0.717, 1.165) is 12.8 Å². The zero-order valence-corrected chi connectivity index (χ0v) is 18.4. The number of nitrogens with zero attached hydrogens (tertiary/aromatic N) is 3. The lowest BCUT2D eigenvalue weighted by Crippen LogP contribution is -2.42. The lowest BCUT2D eigenvalue weighted by Gasteiger charge is -2.30. The molecule has 2 fully saturated rings. The number of aryl methyl sites for hydroxylation is 1. The Bertz CT molecular complexity index is 848. The number of sulfonamides is 1. The molecule has 162 valence electrons. The molecule has 0 spiro atoms. The summed E-state index contributed by atoms with van der Waals surface area (Å²) in [5.41, 5.74) is 0.398. The maximum absolute atomic E-state index is 13.1. The Morgan fingerprint density at radius 2 is 1.72 bits per heavy atom. The first-order chi connectivity index (χ1) is 13.7. The minimum absolute atomic E-state index is 0.00649. The summed E-state index contributed by atoms with van der Waals surface area (Å²) < 4.78 is 29.2. The molecule has 1 aromatic heterocycles. The maximum Gasteiger partial charge on any atom is 0.270 e. The Balaban J connectivity index is 1.70. The van der Waals surface area contributed by atoms with Crippen molar-refractivity contribution < 1.29 is 18.0 Å². The van der Waals surface area contributed by atoms with E-state index in [2.05, 4.69) is 12.2 Å². The third kappa shape index (κ3) is 4.66. The first kappa shape index (κ1) is 21.8. The van der Waals surface area contributed by atoms with E-state index < -0.39 is 10.0 Å². The number of hydrogen-bond acceptors (Lipinski definition) is 4. The molecule has 29 heavy (non-hydrogen) atoms. The van der Waals surface area contributed by atoms with Crippen molar-refractivity contribution in [2.24, 2.45) is 18.9 Å². The Labute approximate surface area is 173 Å². The molecule has 1 N–H and O–H groups in total. The van der Waals surface area contributed by atoms with Crippen LogP contribution in [0.3, 0.4) is 0 Å². The van der Waals surface area contributed by atoms with Gasteiger partial charge in [0.25, 0.3) is 5.91 Å². The number of hydrogen-bond donors (Lipinski definition) is 1. The molecular weight excluding hydrogens is 392 g/mol. The Kier molecular flexibility index (Phi) is 6.68. The lowest BCUT2D eigenvalue weighted by atomic mass is 9.97. The zero-order valence-electron chi connectivity index (χ0n) is 17.6. The van der Waals surface area contributed by atoms with E-state index in [1.165, 1.54) is 16.6 Å². The largest absolute Gasteiger partial charge is 0.356 e. The van der Waals surface area contributed by atoms with Crippen molar-refractivity contribution in [3.63, 3.8) is 0 Å². The zero-order chi connectivity index (χ0) is 21.2. The first-order valence-corrected chi connectivity index (χ1v) is 11.9. The van der Waals surface area contributed by atoms with Gasteiger partial charge in [-0.25, -0.2) is 8.42 Å². The second kappa shape index (κ2) is 8.87. The van der Waals surface area contributed by atoms with E-state index >= 15 is 0 Å². The van der Waals surface area contributed by atoms with Gasteiger partial charge in [0, 0.05) is 51.9 Å². The van der Waals surface area contributed by atoms with E-state index in [0.29, 0.717) is 57.2 Å². The van der Waals surface area contributed by atoms with Gasteiger partial charge in [-0.3, -0.25) is 9.59 Å². The summed E-state index contributed by atoms with van der Waals surface area (Å²) in [6, 6.07) is 1.49. The third-order valence-electron chi connectivity index (χ3n) is 6.08. The second-order valence-electron chi connectivity index (χ2n) is 8.22. The average molecular weight is 425 g/mol. The highest BCUT2D eigenvalue weighted by Gasteiger charge is 2.33. The molecule has 0 aromatic carbocycles. The molecule has 3 heterocycles. The van der Waals surface area contributed by atoms with Crippen LogP contribution in [0, 0.1) is 11.8 Å². The van der Waals surface area contributed by atoms with Gasteiger partial charge in [0.15, 0.2) is 0 Å². The van der Waals surface area contributed by atoms with Gasteiger partial charge in [-0.15, -0.1) is 0 Å². The Hall–Kier alpha value is -1.87. The number of likely N-dealkylation sites (tertiary alicyclic amines) is 1. The van der Waals surface area contributed by atoms with Crippen molar-refractivity contribution in [3.8, 4) is 0 Å². The molecule has 1 aromatic rings. The minimum Gasteiger partial charge on any atom is -0.356 e. The molecule has 2 amide bonds. The molecule has 9 heteroatoms. The number of carbonyl (C=O) groups excluding carboxylic acids is 2. The van der Waals surface area contributed by atoms with Gasteiger partial charge >= 0.3 is 0 Å². The molecule has 2 aliphatic rings. The molecule has 0 radical (unpaired) electrons. The standard InChI is InChI=1S/C20H32N4O4S/c1-4-21-19(25)16-7-11-24(12-8-16)29(27,28)17-13-18(22(3)14-17)20(26)23-9-5-15(2)6-10-23/h13-16H,4-12H2,1-3H3,(H,21,25). The molecule has 0 saturated carbocycles. The highest BCUT2D eigenvalue weighted by atomic mass is 32.2. The summed E-state index contributed by atoms with van der Waals surface area (Å²) in [6.45, 7) is 6.67. The summed E-state index contributed by atoms with van der Waals surface area (Å²) >= 11 is 0. The third-order valence-corrected chi connectivity index (χ3v) is 7.95. The van der Waals surface area contributed by atoms with Gasteiger partial charge in [0.05, 0.1) is 0 Å². The normalized spacial score (nSPS) is 20.0. The first-order valence-electron chi connectivity index (χ1n) is 10.5. The molecule has 0 aliphatic carbocycles. The molecule has 8 nitrogen and oxygen atoms in total. The van der Waals surface area contributed by atoms with Crippen LogP contribution < -0.4 is 5.32 Å².